The van der Waals surface area contributed by atoms with Gasteiger partial charge >= 0.3 is 0 Å². The lowest BCUT2D eigenvalue weighted by Gasteiger charge is -2.09. The molecule has 0 heterocycles. The molecule has 1 amide bonds. The van der Waals surface area contributed by atoms with Gasteiger partial charge in [-0.25, -0.2) is 13.8 Å². The Bertz CT molecular complexity index is 877. The molecular formula is C23H31F2N3O2. The van der Waals surface area contributed by atoms with Crippen LogP contribution in [0.25, 0.3) is 6.08 Å². The number of phenolic OH excluding ortho intramolecular Hbond substituents is 1. The summed E-state index contributed by atoms with van der Waals surface area (Å²) in [6.07, 6.45) is 2.54. The van der Waals surface area contributed by atoms with E-state index in [1.54, 1.807) is 0 Å². The van der Waals surface area contributed by atoms with Crippen molar-refractivity contribution in [3.05, 3.63) is 65.2 Å². The van der Waals surface area contributed by atoms with Crippen LogP contribution >= 0.6 is 0 Å². The predicted octanol–water partition coefficient (Wildman–Crippen LogP) is 5.69. The van der Waals surface area contributed by atoms with E-state index >= 15 is 0 Å². The number of phenols is 1. The maximum absolute atomic E-state index is 14.1. The Morgan fingerprint density at radius 2 is 1.80 bits per heavy atom. The summed E-state index contributed by atoms with van der Waals surface area (Å²) in [4.78, 5) is 16.2. The summed E-state index contributed by atoms with van der Waals surface area (Å²) in [5.41, 5.74) is 6.34. The van der Waals surface area contributed by atoms with Crippen LogP contribution in [0.15, 0.2) is 41.9 Å². The lowest BCUT2D eigenvalue weighted by Crippen LogP contribution is -2.23. The first kappa shape index (κ1) is 26.8. The van der Waals surface area contributed by atoms with E-state index in [4.69, 9.17) is 10.8 Å². The largest absolute Gasteiger partial charge is 0.505 e. The average molecular weight is 420 g/mol. The fourth-order valence-electron chi connectivity index (χ4n) is 2.16. The van der Waals surface area contributed by atoms with Crippen LogP contribution in [0.4, 0.5) is 14.5 Å². The molecule has 0 saturated carbocycles. The molecule has 0 atom stereocenters. The Morgan fingerprint density at radius 3 is 2.30 bits per heavy atom. The van der Waals surface area contributed by atoms with Crippen molar-refractivity contribution in [2.45, 2.75) is 47.6 Å². The highest BCUT2D eigenvalue weighted by atomic mass is 19.1. The normalized spacial score (nSPS) is 10.2. The average Bonchev–Trinajstić information content (AvgIpc) is 2.70. The Hall–Kier alpha value is -3.22. The molecule has 0 aliphatic rings. The van der Waals surface area contributed by atoms with Crippen LogP contribution in [0, 0.1) is 11.6 Å². The molecule has 5 nitrogen and oxygen atoms in total. The molecule has 2 aromatic carbocycles. The number of carbonyl (C=O) groups is 1. The van der Waals surface area contributed by atoms with Crippen LogP contribution in [0.5, 0.6) is 5.75 Å². The van der Waals surface area contributed by atoms with Gasteiger partial charge in [-0.3, -0.25) is 4.79 Å². The van der Waals surface area contributed by atoms with Crippen LogP contribution in [0.1, 0.15) is 62.5 Å². The van der Waals surface area contributed by atoms with E-state index in [0.29, 0.717) is 5.56 Å². The SMILES string of the molecule is C=Cc1c(F)cc(C(=O)NCc2ccc(O)c(F)c2)cc1N=C(C)N.CC.CCC. The van der Waals surface area contributed by atoms with Gasteiger partial charge in [0.05, 0.1) is 11.5 Å². The molecule has 0 radical (unpaired) electrons. The van der Waals surface area contributed by atoms with Crippen LogP contribution in [0.3, 0.4) is 0 Å². The van der Waals surface area contributed by atoms with Crippen molar-refractivity contribution in [1.29, 1.82) is 0 Å². The van der Waals surface area contributed by atoms with Gasteiger partial charge in [-0.2, -0.15) is 0 Å². The summed E-state index contributed by atoms with van der Waals surface area (Å²) in [7, 11) is 0. The van der Waals surface area contributed by atoms with E-state index in [1.807, 2.05) is 13.8 Å². The molecule has 4 N–H and O–H groups in total. The minimum absolute atomic E-state index is 0.00931. The third-order valence-electron chi connectivity index (χ3n) is 3.34. The molecule has 2 rings (SSSR count). The number of aromatic hydroxyl groups is 1. The molecule has 0 bridgehead atoms. The first-order valence-electron chi connectivity index (χ1n) is 9.75. The number of amidine groups is 1. The lowest BCUT2D eigenvalue weighted by atomic mass is 10.1. The number of nitrogens with one attached hydrogen (secondary N) is 1. The third kappa shape index (κ3) is 8.43. The zero-order valence-corrected chi connectivity index (χ0v) is 18.2. The maximum atomic E-state index is 14.1. The van der Waals surface area contributed by atoms with E-state index in [-0.39, 0.29) is 29.2 Å². The molecular weight excluding hydrogens is 388 g/mol. The second-order valence-corrected chi connectivity index (χ2v) is 6.02. The van der Waals surface area contributed by atoms with Gasteiger partial charge in [-0.15, -0.1) is 0 Å². The first-order valence-corrected chi connectivity index (χ1v) is 9.75. The number of nitrogens with zero attached hydrogens (tertiary/aromatic N) is 1. The van der Waals surface area contributed by atoms with E-state index in [1.165, 1.54) is 37.6 Å². The number of rotatable bonds is 5. The zero-order valence-electron chi connectivity index (χ0n) is 18.2. The van der Waals surface area contributed by atoms with E-state index in [2.05, 4.69) is 30.7 Å². The van der Waals surface area contributed by atoms with Crippen molar-refractivity contribution >= 4 is 23.5 Å². The highest BCUT2D eigenvalue weighted by Crippen LogP contribution is 2.26. The fraction of sp³-hybridized carbons (Fsp3) is 0.304. The van der Waals surface area contributed by atoms with E-state index in [0.717, 1.165) is 12.1 Å². The van der Waals surface area contributed by atoms with E-state index < -0.39 is 23.3 Å². The molecule has 0 aliphatic heterocycles. The lowest BCUT2D eigenvalue weighted by molar-refractivity contribution is 0.0950. The summed E-state index contributed by atoms with van der Waals surface area (Å²) in [5.74, 6) is -2.27. The summed E-state index contributed by atoms with van der Waals surface area (Å²) in [6, 6.07) is 6.21. The molecule has 0 aromatic heterocycles. The number of halogens is 2. The monoisotopic (exact) mass is 419 g/mol. The Morgan fingerprint density at radius 1 is 1.20 bits per heavy atom. The van der Waals surface area contributed by atoms with Gasteiger partial charge in [0.25, 0.3) is 5.91 Å². The maximum Gasteiger partial charge on any atom is 0.251 e. The van der Waals surface area contributed by atoms with Gasteiger partial charge in [-0.05, 0) is 36.8 Å². The standard InChI is InChI=1S/C18H17F2N3O2.C3H8.C2H6/c1-3-13-14(19)7-12(8-16(13)23-10(2)21)18(25)22-9-11-4-5-17(24)15(20)6-11;1-3-2;1-2/h3-8,24H,1,9H2,2H3,(H2,21,23)(H,22,25);3H2,1-2H3;1-2H3. The molecule has 0 saturated heterocycles. The van der Waals surface area contributed by atoms with Crippen molar-refractivity contribution < 1.29 is 18.7 Å². The summed E-state index contributed by atoms with van der Waals surface area (Å²) in [6.45, 7) is 13.3. The molecule has 2 aromatic rings. The highest BCUT2D eigenvalue weighted by Gasteiger charge is 2.13. The second kappa shape index (κ2) is 13.9. The Balaban J connectivity index is 0.00000154. The molecule has 0 fully saturated rings. The number of hydrogen-bond acceptors (Lipinski definition) is 3. The van der Waals surface area contributed by atoms with Gasteiger partial charge in [-0.1, -0.05) is 52.8 Å². The quantitative estimate of drug-likeness (QED) is 0.429. The van der Waals surface area contributed by atoms with Gasteiger partial charge in [0.2, 0.25) is 0 Å². The predicted molar refractivity (Wildman–Crippen MR) is 120 cm³/mol. The molecule has 0 unspecified atom stereocenters. The number of amides is 1. The summed E-state index contributed by atoms with van der Waals surface area (Å²) >= 11 is 0. The van der Waals surface area contributed by atoms with Gasteiger partial charge in [0, 0.05) is 17.7 Å². The van der Waals surface area contributed by atoms with Crippen molar-refractivity contribution in [3.63, 3.8) is 0 Å². The smallest absolute Gasteiger partial charge is 0.251 e. The van der Waals surface area contributed by atoms with Crippen molar-refractivity contribution in [2.24, 2.45) is 10.7 Å². The molecule has 164 valence electrons. The van der Waals surface area contributed by atoms with Gasteiger partial charge in [0.15, 0.2) is 11.6 Å². The van der Waals surface area contributed by atoms with Crippen molar-refractivity contribution in [3.8, 4) is 5.75 Å². The Labute approximate surface area is 177 Å². The number of carbonyl (C=O) groups excluding carboxylic acids is 1. The topological polar surface area (TPSA) is 87.7 Å². The van der Waals surface area contributed by atoms with Crippen LogP contribution in [-0.4, -0.2) is 16.8 Å². The van der Waals surface area contributed by atoms with Crippen LogP contribution in [0.2, 0.25) is 0 Å². The number of hydrogen-bond donors (Lipinski definition) is 3. The highest BCUT2D eigenvalue weighted by molar-refractivity contribution is 5.96. The third-order valence-corrected chi connectivity index (χ3v) is 3.34. The van der Waals surface area contributed by atoms with Crippen molar-refractivity contribution in [1.82, 2.24) is 5.32 Å². The number of nitrogens with two attached hydrogens (primary N) is 1. The first-order chi connectivity index (χ1) is 14.2. The zero-order chi connectivity index (χ0) is 23.3. The molecule has 0 spiro atoms. The van der Waals surface area contributed by atoms with Gasteiger partial charge < -0.3 is 16.2 Å². The molecule has 7 heteroatoms. The van der Waals surface area contributed by atoms with Crippen LogP contribution in [-0.2, 0) is 6.54 Å². The minimum atomic E-state index is -0.789. The minimum Gasteiger partial charge on any atom is -0.505 e. The second-order valence-electron chi connectivity index (χ2n) is 6.02. The number of benzene rings is 2. The fourth-order valence-corrected chi connectivity index (χ4v) is 2.16. The summed E-state index contributed by atoms with van der Waals surface area (Å²) < 4.78 is 27.4. The van der Waals surface area contributed by atoms with Gasteiger partial charge in [0.1, 0.15) is 5.82 Å². The Kier molecular flexibility index (Phi) is 12.4. The van der Waals surface area contributed by atoms with Crippen LogP contribution < -0.4 is 11.1 Å². The number of aliphatic imine (C=N–C) groups is 1. The van der Waals surface area contributed by atoms with E-state index in [9.17, 15) is 13.6 Å². The van der Waals surface area contributed by atoms with Crippen molar-refractivity contribution in [2.75, 3.05) is 0 Å². The molecule has 30 heavy (non-hydrogen) atoms. The summed E-state index contributed by atoms with van der Waals surface area (Å²) in [5, 5.41) is 11.7. The molecule has 0 aliphatic carbocycles.